The van der Waals surface area contributed by atoms with Gasteiger partial charge in [-0.25, -0.2) is 0 Å². The van der Waals surface area contributed by atoms with Crippen LogP contribution < -0.4 is 0 Å². The van der Waals surface area contributed by atoms with Crippen molar-refractivity contribution < 1.29 is 0 Å². The van der Waals surface area contributed by atoms with E-state index in [9.17, 15) is 0 Å². The van der Waals surface area contributed by atoms with Crippen LogP contribution in [-0.4, -0.2) is 49.1 Å². The zero-order chi connectivity index (χ0) is 10.3. The van der Waals surface area contributed by atoms with E-state index in [1.807, 2.05) is 13.8 Å². The first-order valence-corrected chi connectivity index (χ1v) is 5.63. The molecule has 2 heteroatoms. The van der Waals surface area contributed by atoms with Crippen molar-refractivity contribution in [1.29, 1.82) is 0 Å². The van der Waals surface area contributed by atoms with Gasteiger partial charge in [0.15, 0.2) is 0 Å². The smallest absolute Gasteiger partial charge is 0.0112 e. The van der Waals surface area contributed by atoms with Crippen LogP contribution in [0.4, 0.5) is 0 Å². The molecule has 0 aromatic carbocycles. The van der Waals surface area contributed by atoms with Crippen LogP contribution in [-0.2, 0) is 0 Å². The molecular formula is C12H30N2. The molecule has 2 nitrogen and oxygen atoms in total. The third-order valence-corrected chi connectivity index (χ3v) is 2.48. The van der Waals surface area contributed by atoms with Crippen molar-refractivity contribution in [2.75, 3.05) is 33.2 Å². The van der Waals surface area contributed by atoms with Crippen molar-refractivity contribution in [3.8, 4) is 0 Å². The van der Waals surface area contributed by atoms with Crippen LogP contribution in [0.3, 0.4) is 0 Å². The molecule has 14 heavy (non-hydrogen) atoms. The fraction of sp³-hybridized carbons (Fsp3) is 1.00. The van der Waals surface area contributed by atoms with Crippen molar-refractivity contribution in [3.05, 3.63) is 0 Å². The van der Waals surface area contributed by atoms with Crippen LogP contribution in [0.25, 0.3) is 0 Å². The first-order valence-electron chi connectivity index (χ1n) is 5.63. The number of hydrogen-bond acceptors (Lipinski definition) is 2. The highest BCUT2D eigenvalue weighted by molar-refractivity contribution is 4.69. The van der Waals surface area contributed by atoms with Gasteiger partial charge in [-0.3, -0.25) is 4.90 Å². The molecule has 1 saturated heterocycles. The van der Waals surface area contributed by atoms with Gasteiger partial charge in [-0.05, 0) is 40.4 Å². The normalized spacial score (nSPS) is 19.3. The van der Waals surface area contributed by atoms with Crippen molar-refractivity contribution in [2.24, 2.45) is 0 Å². The summed E-state index contributed by atoms with van der Waals surface area (Å²) in [6.07, 6.45) is 1.33. The number of likely N-dealkylation sites (N-methyl/N-ethyl adjacent to an activating group) is 1. The summed E-state index contributed by atoms with van der Waals surface area (Å²) in [7, 11) is 2.21. The summed E-state index contributed by atoms with van der Waals surface area (Å²) in [5.74, 6) is 0. The standard InChI is InChI=1S/C9H20N2.C2H6.CH4/c1-9(2)11-6-4-5-10(3)7-8-11;1-2;/h9H,4-8H2,1-3H3;1-2H3;1H4. The molecule has 1 fully saturated rings. The molecule has 88 valence electrons. The van der Waals surface area contributed by atoms with Crippen LogP contribution >= 0.6 is 0 Å². The quantitative estimate of drug-likeness (QED) is 0.645. The Labute approximate surface area is 91.3 Å². The lowest BCUT2D eigenvalue weighted by Crippen LogP contribution is -2.34. The summed E-state index contributed by atoms with van der Waals surface area (Å²) in [6, 6.07) is 0.724. The van der Waals surface area contributed by atoms with Gasteiger partial charge in [0.05, 0.1) is 0 Å². The van der Waals surface area contributed by atoms with Crippen LogP contribution in [0, 0.1) is 0 Å². The molecule has 0 atom stereocenters. The molecule has 1 aliphatic rings. The van der Waals surface area contributed by atoms with Crippen molar-refractivity contribution in [1.82, 2.24) is 9.80 Å². The molecule has 0 amide bonds. The van der Waals surface area contributed by atoms with Gasteiger partial charge >= 0.3 is 0 Å². The Morgan fingerprint density at radius 1 is 0.929 bits per heavy atom. The second-order valence-electron chi connectivity index (χ2n) is 3.79. The molecule has 0 bridgehead atoms. The highest BCUT2D eigenvalue weighted by atomic mass is 15.2. The number of hydrogen-bond donors (Lipinski definition) is 0. The molecule has 1 heterocycles. The van der Waals surface area contributed by atoms with Gasteiger partial charge in [0, 0.05) is 19.1 Å². The van der Waals surface area contributed by atoms with Gasteiger partial charge < -0.3 is 4.90 Å². The zero-order valence-electron chi connectivity index (χ0n) is 10.0. The topological polar surface area (TPSA) is 6.48 Å². The van der Waals surface area contributed by atoms with Gasteiger partial charge in [0.1, 0.15) is 0 Å². The van der Waals surface area contributed by atoms with E-state index in [1.54, 1.807) is 0 Å². The number of rotatable bonds is 1. The fourth-order valence-corrected chi connectivity index (χ4v) is 1.58. The summed E-state index contributed by atoms with van der Waals surface area (Å²) in [5.41, 5.74) is 0. The Kier molecular flexibility index (Phi) is 11.1. The zero-order valence-corrected chi connectivity index (χ0v) is 10.0. The summed E-state index contributed by atoms with van der Waals surface area (Å²) >= 11 is 0. The molecule has 0 radical (unpaired) electrons. The van der Waals surface area contributed by atoms with Gasteiger partial charge in [0.25, 0.3) is 0 Å². The minimum atomic E-state index is 0. The Balaban J connectivity index is 0. The molecule has 1 rings (SSSR count). The maximum atomic E-state index is 2.56. The van der Waals surface area contributed by atoms with E-state index in [4.69, 9.17) is 0 Å². The third-order valence-electron chi connectivity index (χ3n) is 2.48. The Hall–Kier alpha value is -0.0800. The fourth-order valence-electron chi connectivity index (χ4n) is 1.58. The minimum absolute atomic E-state index is 0. The summed E-state index contributed by atoms with van der Waals surface area (Å²) in [5, 5.41) is 0. The van der Waals surface area contributed by atoms with Gasteiger partial charge in [-0.2, -0.15) is 0 Å². The van der Waals surface area contributed by atoms with Crippen molar-refractivity contribution in [2.45, 2.75) is 47.6 Å². The maximum absolute atomic E-state index is 2.56. The molecule has 0 saturated carbocycles. The molecule has 0 aromatic rings. The van der Waals surface area contributed by atoms with E-state index in [2.05, 4.69) is 30.7 Å². The van der Waals surface area contributed by atoms with Crippen molar-refractivity contribution >= 4 is 0 Å². The summed E-state index contributed by atoms with van der Waals surface area (Å²) < 4.78 is 0. The van der Waals surface area contributed by atoms with Gasteiger partial charge in [0.2, 0.25) is 0 Å². The van der Waals surface area contributed by atoms with Crippen LogP contribution in [0.5, 0.6) is 0 Å². The second-order valence-corrected chi connectivity index (χ2v) is 3.79. The summed E-state index contributed by atoms with van der Waals surface area (Å²) in [6.45, 7) is 13.6. The average molecular weight is 202 g/mol. The molecule has 0 N–H and O–H groups in total. The first-order chi connectivity index (χ1) is 6.20. The lowest BCUT2D eigenvalue weighted by atomic mass is 10.3. The Morgan fingerprint density at radius 2 is 1.50 bits per heavy atom. The number of nitrogens with zero attached hydrogens (tertiary/aromatic N) is 2. The molecule has 0 aromatic heterocycles. The predicted molar refractivity (Wildman–Crippen MR) is 66.9 cm³/mol. The monoisotopic (exact) mass is 202 g/mol. The minimum Gasteiger partial charge on any atom is -0.305 e. The largest absolute Gasteiger partial charge is 0.305 e. The summed E-state index contributed by atoms with van der Waals surface area (Å²) in [4.78, 5) is 4.98. The molecular weight excluding hydrogens is 172 g/mol. The first kappa shape index (κ1) is 16.4. The Bertz CT molecular complexity index is 113. The van der Waals surface area contributed by atoms with E-state index in [-0.39, 0.29) is 7.43 Å². The van der Waals surface area contributed by atoms with E-state index < -0.39 is 0 Å². The Morgan fingerprint density at radius 3 is 2.00 bits per heavy atom. The lowest BCUT2D eigenvalue weighted by molar-refractivity contribution is 0.228. The molecule has 0 spiro atoms. The van der Waals surface area contributed by atoms with E-state index in [0.717, 1.165) is 6.04 Å². The molecule has 0 aliphatic carbocycles. The van der Waals surface area contributed by atoms with Gasteiger partial charge in [-0.1, -0.05) is 21.3 Å². The van der Waals surface area contributed by atoms with Crippen molar-refractivity contribution in [3.63, 3.8) is 0 Å². The van der Waals surface area contributed by atoms with Crippen LogP contribution in [0.2, 0.25) is 0 Å². The average Bonchev–Trinajstić information content (AvgIpc) is 2.33. The second kappa shape index (κ2) is 9.47. The van der Waals surface area contributed by atoms with E-state index >= 15 is 0 Å². The lowest BCUT2D eigenvalue weighted by Gasteiger charge is -2.23. The third kappa shape index (κ3) is 6.39. The van der Waals surface area contributed by atoms with Crippen LogP contribution in [0.1, 0.15) is 41.5 Å². The highest BCUT2D eigenvalue weighted by Crippen LogP contribution is 2.04. The SMILES string of the molecule is C.CC.CC(C)N1CCCN(C)CC1. The van der Waals surface area contributed by atoms with Gasteiger partial charge in [-0.15, -0.1) is 0 Å². The molecule has 0 unspecified atom stereocenters. The van der Waals surface area contributed by atoms with Crippen LogP contribution in [0.15, 0.2) is 0 Å². The maximum Gasteiger partial charge on any atom is 0.0112 e. The van der Waals surface area contributed by atoms with E-state index in [0.29, 0.717) is 0 Å². The molecule has 1 aliphatic heterocycles. The predicted octanol–water partition coefficient (Wildman–Crippen LogP) is 2.69. The van der Waals surface area contributed by atoms with E-state index in [1.165, 1.54) is 32.6 Å². The highest BCUT2D eigenvalue weighted by Gasteiger charge is 2.13.